The summed E-state index contributed by atoms with van der Waals surface area (Å²) in [5.41, 5.74) is 0.567. The highest BCUT2D eigenvalue weighted by Crippen LogP contribution is 2.38. The van der Waals surface area contributed by atoms with Crippen molar-refractivity contribution in [3.63, 3.8) is 0 Å². The van der Waals surface area contributed by atoms with E-state index < -0.39 is 0 Å². The minimum absolute atomic E-state index is 0.567. The van der Waals surface area contributed by atoms with Gasteiger partial charge in [-0.1, -0.05) is 27.2 Å². The molecule has 0 unspecified atom stereocenters. The smallest absolute Gasteiger partial charge is 0.00385 e. The molecule has 0 radical (unpaired) electrons. The Bertz CT molecular complexity index is 176. The Morgan fingerprint density at radius 3 is 2.13 bits per heavy atom. The highest BCUT2D eigenvalue weighted by Gasteiger charge is 2.31. The Labute approximate surface area is 96.2 Å². The zero-order valence-electron chi connectivity index (χ0n) is 11.3. The van der Waals surface area contributed by atoms with Gasteiger partial charge in [0.05, 0.1) is 0 Å². The van der Waals surface area contributed by atoms with Gasteiger partial charge in [0.2, 0.25) is 0 Å². The molecule has 1 rings (SSSR count). The maximum atomic E-state index is 2.62. The van der Waals surface area contributed by atoms with Crippen LogP contribution in [0.3, 0.4) is 0 Å². The lowest BCUT2D eigenvalue weighted by molar-refractivity contribution is 0.0775. The van der Waals surface area contributed by atoms with Crippen molar-refractivity contribution in [1.29, 1.82) is 0 Å². The molecule has 1 heteroatoms. The SMILES string of the molecule is CCCC(C)(C)C1CCN(C(C)C)CC1. The number of likely N-dealkylation sites (tertiary alicyclic amines) is 1. The Kier molecular flexibility index (Phi) is 4.64. The fraction of sp³-hybridized carbons (Fsp3) is 1.00. The molecular weight excluding hydrogens is 182 g/mol. The Hall–Kier alpha value is -0.0400. The quantitative estimate of drug-likeness (QED) is 0.681. The molecule has 90 valence electrons. The molecule has 1 fully saturated rings. The number of piperidine rings is 1. The van der Waals surface area contributed by atoms with Gasteiger partial charge in [0.15, 0.2) is 0 Å². The maximum absolute atomic E-state index is 2.62. The average molecular weight is 211 g/mol. The number of nitrogens with zero attached hydrogens (tertiary/aromatic N) is 1. The highest BCUT2D eigenvalue weighted by molar-refractivity contribution is 4.84. The zero-order chi connectivity index (χ0) is 11.5. The molecule has 0 aromatic carbocycles. The molecule has 15 heavy (non-hydrogen) atoms. The van der Waals surface area contributed by atoms with Crippen molar-refractivity contribution in [2.45, 2.75) is 66.3 Å². The molecule has 0 amide bonds. The normalized spacial score (nSPS) is 21.2. The van der Waals surface area contributed by atoms with Crippen LogP contribution < -0.4 is 0 Å². The summed E-state index contributed by atoms with van der Waals surface area (Å²) < 4.78 is 0. The van der Waals surface area contributed by atoms with E-state index in [-0.39, 0.29) is 0 Å². The van der Waals surface area contributed by atoms with Crippen LogP contribution in [0.5, 0.6) is 0 Å². The first kappa shape index (κ1) is 13.0. The van der Waals surface area contributed by atoms with Gasteiger partial charge < -0.3 is 4.90 Å². The summed E-state index contributed by atoms with van der Waals surface area (Å²) in [4.78, 5) is 2.62. The first-order chi connectivity index (χ1) is 6.97. The van der Waals surface area contributed by atoms with Gasteiger partial charge in [-0.05, 0) is 57.5 Å². The summed E-state index contributed by atoms with van der Waals surface area (Å²) in [6, 6.07) is 0.736. The lowest BCUT2D eigenvalue weighted by Crippen LogP contribution is -2.42. The van der Waals surface area contributed by atoms with Gasteiger partial charge in [-0.2, -0.15) is 0 Å². The van der Waals surface area contributed by atoms with Gasteiger partial charge in [0.25, 0.3) is 0 Å². The van der Waals surface area contributed by atoms with Crippen LogP contribution in [0.25, 0.3) is 0 Å². The molecule has 1 aliphatic rings. The van der Waals surface area contributed by atoms with Gasteiger partial charge in [0, 0.05) is 6.04 Å². The topological polar surface area (TPSA) is 3.24 Å². The van der Waals surface area contributed by atoms with Crippen LogP contribution in [0.15, 0.2) is 0 Å². The van der Waals surface area contributed by atoms with Crippen molar-refractivity contribution >= 4 is 0 Å². The largest absolute Gasteiger partial charge is 0.301 e. The van der Waals surface area contributed by atoms with Crippen LogP contribution >= 0.6 is 0 Å². The second-order valence-corrected chi connectivity index (χ2v) is 6.14. The zero-order valence-corrected chi connectivity index (χ0v) is 11.3. The van der Waals surface area contributed by atoms with Crippen LogP contribution in [-0.4, -0.2) is 24.0 Å². The lowest BCUT2D eigenvalue weighted by Gasteiger charge is -2.42. The third-order valence-electron chi connectivity index (χ3n) is 4.26. The highest BCUT2D eigenvalue weighted by atomic mass is 15.1. The van der Waals surface area contributed by atoms with Gasteiger partial charge in [-0.25, -0.2) is 0 Å². The van der Waals surface area contributed by atoms with Crippen molar-refractivity contribution < 1.29 is 0 Å². The molecule has 0 aliphatic carbocycles. The maximum Gasteiger partial charge on any atom is 0.00385 e. The number of hydrogen-bond acceptors (Lipinski definition) is 1. The summed E-state index contributed by atoms with van der Waals surface area (Å²) in [7, 11) is 0. The lowest BCUT2D eigenvalue weighted by atomic mass is 9.71. The van der Waals surface area contributed by atoms with E-state index in [2.05, 4.69) is 39.5 Å². The van der Waals surface area contributed by atoms with E-state index in [1.54, 1.807) is 0 Å². The molecular formula is C14H29N. The fourth-order valence-electron chi connectivity index (χ4n) is 3.05. The number of rotatable bonds is 4. The summed E-state index contributed by atoms with van der Waals surface area (Å²) in [6.07, 6.45) is 5.53. The standard InChI is InChI=1S/C14H29N/c1-6-9-14(4,5)13-7-10-15(11-8-13)12(2)3/h12-13H,6-11H2,1-5H3. The molecule has 1 heterocycles. The third-order valence-corrected chi connectivity index (χ3v) is 4.26. The van der Waals surface area contributed by atoms with Crippen molar-refractivity contribution in [2.75, 3.05) is 13.1 Å². The van der Waals surface area contributed by atoms with Gasteiger partial charge in [-0.15, -0.1) is 0 Å². The van der Waals surface area contributed by atoms with E-state index in [0.29, 0.717) is 5.41 Å². The predicted octanol–water partition coefficient (Wildman–Crippen LogP) is 3.93. The molecule has 0 aromatic rings. The Morgan fingerprint density at radius 2 is 1.73 bits per heavy atom. The molecule has 0 spiro atoms. The van der Waals surface area contributed by atoms with Crippen LogP contribution in [0.4, 0.5) is 0 Å². The van der Waals surface area contributed by atoms with Gasteiger partial charge >= 0.3 is 0 Å². The summed E-state index contributed by atoms with van der Waals surface area (Å²) in [5, 5.41) is 0. The van der Waals surface area contributed by atoms with E-state index >= 15 is 0 Å². The molecule has 1 saturated heterocycles. The van der Waals surface area contributed by atoms with E-state index in [4.69, 9.17) is 0 Å². The first-order valence-electron chi connectivity index (χ1n) is 6.71. The predicted molar refractivity (Wildman–Crippen MR) is 68.1 cm³/mol. The molecule has 1 nitrogen and oxygen atoms in total. The second-order valence-electron chi connectivity index (χ2n) is 6.14. The summed E-state index contributed by atoms with van der Waals surface area (Å²) >= 11 is 0. The second kappa shape index (κ2) is 5.34. The third kappa shape index (κ3) is 3.48. The number of hydrogen-bond donors (Lipinski definition) is 0. The van der Waals surface area contributed by atoms with E-state index in [0.717, 1.165) is 12.0 Å². The van der Waals surface area contributed by atoms with Crippen molar-refractivity contribution in [2.24, 2.45) is 11.3 Å². The molecule has 1 aliphatic heterocycles. The molecule has 0 aromatic heterocycles. The minimum atomic E-state index is 0.567. The van der Waals surface area contributed by atoms with Crippen LogP contribution in [-0.2, 0) is 0 Å². The summed E-state index contributed by atoms with van der Waals surface area (Å²) in [6.45, 7) is 14.5. The van der Waals surface area contributed by atoms with Crippen molar-refractivity contribution in [3.05, 3.63) is 0 Å². The molecule has 0 atom stereocenters. The van der Waals surface area contributed by atoms with Crippen LogP contribution in [0.2, 0.25) is 0 Å². The molecule has 0 bridgehead atoms. The van der Waals surface area contributed by atoms with Crippen LogP contribution in [0.1, 0.15) is 60.3 Å². The minimum Gasteiger partial charge on any atom is -0.301 e. The van der Waals surface area contributed by atoms with E-state index in [1.165, 1.54) is 38.8 Å². The summed E-state index contributed by atoms with van der Waals surface area (Å²) in [5.74, 6) is 0.951. The molecule has 0 N–H and O–H groups in total. The van der Waals surface area contributed by atoms with Crippen molar-refractivity contribution in [3.8, 4) is 0 Å². The monoisotopic (exact) mass is 211 g/mol. The molecule has 0 saturated carbocycles. The van der Waals surface area contributed by atoms with Crippen LogP contribution in [0, 0.1) is 11.3 Å². The average Bonchev–Trinajstić information content (AvgIpc) is 2.18. The Morgan fingerprint density at radius 1 is 1.20 bits per heavy atom. The fourth-order valence-corrected chi connectivity index (χ4v) is 3.05. The van der Waals surface area contributed by atoms with Gasteiger partial charge in [0.1, 0.15) is 0 Å². The van der Waals surface area contributed by atoms with E-state index in [9.17, 15) is 0 Å². The first-order valence-corrected chi connectivity index (χ1v) is 6.71. The van der Waals surface area contributed by atoms with Crippen molar-refractivity contribution in [1.82, 2.24) is 4.90 Å². The van der Waals surface area contributed by atoms with E-state index in [1.807, 2.05) is 0 Å². The van der Waals surface area contributed by atoms with Gasteiger partial charge in [-0.3, -0.25) is 0 Å². The Balaban J connectivity index is 2.43.